The predicted octanol–water partition coefficient (Wildman–Crippen LogP) is 4.03. The van der Waals surface area contributed by atoms with Crippen LogP contribution in [0.2, 0.25) is 0 Å². The normalized spacial score (nSPS) is 18.2. The number of rotatable bonds is 3. The van der Waals surface area contributed by atoms with Crippen molar-refractivity contribution in [1.82, 2.24) is 0 Å². The van der Waals surface area contributed by atoms with Gasteiger partial charge in [0, 0.05) is 0 Å². The lowest BCUT2D eigenvalue weighted by Crippen LogP contribution is -2.17. The molecule has 0 amide bonds. The molecule has 0 radical (unpaired) electrons. The molecule has 0 bridgehead atoms. The molecule has 1 nitrogen and oxygen atoms in total. The van der Waals surface area contributed by atoms with Gasteiger partial charge in [0.15, 0.2) is 0 Å². The van der Waals surface area contributed by atoms with Crippen LogP contribution in [0, 0.1) is 0 Å². The lowest BCUT2D eigenvalue weighted by Gasteiger charge is -2.14. The Hall–Kier alpha value is -1.19. The van der Waals surface area contributed by atoms with E-state index in [1.54, 1.807) is 12.1 Å². The second-order valence-corrected chi connectivity index (χ2v) is 4.21. The summed E-state index contributed by atoms with van der Waals surface area (Å²) in [5.74, 6) is -0.150. The SMILES string of the molecule is CCC1(c2ccc(OC(F)(F)F)cc2)CC1. The molecule has 1 saturated carbocycles. The average Bonchev–Trinajstić information content (AvgIpc) is 2.97. The molecule has 4 heteroatoms. The van der Waals surface area contributed by atoms with Gasteiger partial charge in [-0.05, 0) is 42.4 Å². The first-order valence-electron chi connectivity index (χ1n) is 5.31. The smallest absolute Gasteiger partial charge is 0.406 e. The zero-order chi connectivity index (χ0) is 11.8. The Morgan fingerprint density at radius 2 is 1.75 bits per heavy atom. The third kappa shape index (κ3) is 2.31. The van der Waals surface area contributed by atoms with Crippen molar-refractivity contribution < 1.29 is 17.9 Å². The van der Waals surface area contributed by atoms with Gasteiger partial charge in [0.25, 0.3) is 0 Å². The Bertz CT molecular complexity index is 363. The Labute approximate surface area is 92.2 Å². The molecule has 1 aromatic carbocycles. The number of halogens is 3. The highest BCUT2D eigenvalue weighted by Gasteiger charge is 2.42. The summed E-state index contributed by atoms with van der Waals surface area (Å²) < 4.78 is 39.6. The molecule has 0 unspecified atom stereocenters. The lowest BCUT2D eigenvalue weighted by atomic mass is 9.93. The second-order valence-electron chi connectivity index (χ2n) is 4.21. The van der Waals surface area contributed by atoms with Gasteiger partial charge < -0.3 is 4.74 Å². The fraction of sp³-hybridized carbons (Fsp3) is 0.500. The van der Waals surface area contributed by atoms with Crippen molar-refractivity contribution >= 4 is 0 Å². The molecule has 16 heavy (non-hydrogen) atoms. The number of benzene rings is 1. The summed E-state index contributed by atoms with van der Waals surface area (Å²) in [7, 11) is 0. The molecule has 88 valence electrons. The van der Waals surface area contributed by atoms with Gasteiger partial charge in [0.05, 0.1) is 0 Å². The molecule has 1 aliphatic carbocycles. The van der Waals surface area contributed by atoms with Crippen LogP contribution in [0.25, 0.3) is 0 Å². The van der Waals surface area contributed by atoms with Crippen molar-refractivity contribution in [3.05, 3.63) is 29.8 Å². The van der Waals surface area contributed by atoms with Crippen molar-refractivity contribution in [3.8, 4) is 5.75 Å². The first-order chi connectivity index (χ1) is 7.45. The number of hydrogen-bond acceptors (Lipinski definition) is 1. The predicted molar refractivity (Wildman–Crippen MR) is 54.3 cm³/mol. The molecule has 2 rings (SSSR count). The largest absolute Gasteiger partial charge is 0.573 e. The summed E-state index contributed by atoms with van der Waals surface area (Å²) in [6.45, 7) is 2.10. The van der Waals surface area contributed by atoms with Gasteiger partial charge in [0.2, 0.25) is 0 Å². The van der Waals surface area contributed by atoms with Crippen LogP contribution in [0.3, 0.4) is 0 Å². The lowest BCUT2D eigenvalue weighted by molar-refractivity contribution is -0.274. The quantitative estimate of drug-likeness (QED) is 0.761. The Kier molecular flexibility index (Phi) is 2.60. The molecule has 1 aliphatic rings. The van der Waals surface area contributed by atoms with Gasteiger partial charge in [-0.25, -0.2) is 0 Å². The topological polar surface area (TPSA) is 9.23 Å². The van der Waals surface area contributed by atoms with E-state index in [1.165, 1.54) is 12.1 Å². The highest BCUT2D eigenvalue weighted by molar-refractivity contribution is 5.35. The van der Waals surface area contributed by atoms with Crippen LogP contribution in [0.4, 0.5) is 13.2 Å². The maximum Gasteiger partial charge on any atom is 0.573 e. The van der Waals surface area contributed by atoms with E-state index in [-0.39, 0.29) is 11.2 Å². The van der Waals surface area contributed by atoms with Crippen molar-refractivity contribution in [2.24, 2.45) is 0 Å². The van der Waals surface area contributed by atoms with E-state index in [0.29, 0.717) is 0 Å². The van der Waals surface area contributed by atoms with Crippen LogP contribution in [0.5, 0.6) is 5.75 Å². The highest BCUT2D eigenvalue weighted by atomic mass is 19.4. The van der Waals surface area contributed by atoms with Crippen LogP contribution in [-0.2, 0) is 5.41 Å². The summed E-state index contributed by atoms with van der Waals surface area (Å²) in [6, 6.07) is 6.24. The first kappa shape index (κ1) is 11.3. The third-order valence-electron chi connectivity index (χ3n) is 3.23. The Morgan fingerprint density at radius 1 is 1.19 bits per heavy atom. The molecule has 0 aromatic heterocycles. The maximum absolute atomic E-state index is 11.9. The standard InChI is InChI=1S/C12H13F3O/c1-2-11(7-8-11)9-3-5-10(6-4-9)16-12(13,14)15/h3-6H,2,7-8H2,1H3. The fourth-order valence-corrected chi connectivity index (χ4v) is 2.01. The summed E-state index contributed by atoms with van der Waals surface area (Å²) in [6.07, 6.45) is -1.32. The van der Waals surface area contributed by atoms with Crippen molar-refractivity contribution in [2.75, 3.05) is 0 Å². The van der Waals surface area contributed by atoms with E-state index in [2.05, 4.69) is 11.7 Å². The van der Waals surface area contributed by atoms with Gasteiger partial charge in [0.1, 0.15) is 5.75 Å². The molecule has 0 atom stereocenters. The summed E-state index contributed by atoms with van der Waals surface area (Å²) in [5.41, 5.74) is 1.33. The zero-order valence-electron chi connectivity index (χ0n) is 8.97. The molecule has 0 saturated heterocycles. The van der Waals surface area contributed by atoms with Gasteiger partial charge in [-0.3, -0.25) is 0 Å². The minimum absolute atomic E-state index is 0.150. The third-order valence-corrected chi connectivity index (χ3v) is 3.23. The van der Waals surface area contributed by atoms with Crippen LogP contribution in [0.1, 0.15) is 31.7 Å². The average molecular weight is 230 g/mol. The fourth-order valence-electron chi connectivity index (χ4n) is 2.01. The number of ether oxygens (including phenoxy) is 1. The molecule has 0 aliphatic heterocycles. The van der Waals surface area contributed by atoms with Crippen LogP contribution in [0.15, 0.2) is 24.3 Å². The van der Waals surface area contributed by atoms with Gasteiger partial charge in [-0.1, -0.05) is 19.1 Å². The minimum atomic E-state index is -4.61. The molecule has 0 spiro atoms. The monoisotopic (exact) mass is 230 g/mol. The van der Waals surface area contributed by atoms with Crippen LogP contribution < -0.4 is 4.74 Å². The van der Waals surface area contributed by atoms with E-state index in [0.717, 1.165) is 24.8 Å². The first-order valence-corrected chi connectivity index (χ1v) is 5.31. The number of alkyl halides is 3. The summed E-state index contributed by atoms with van der Waals surface area (Å²) in [5, 5.41) is 0. The van der Waals surface area contributed by atoms with Crippen molar-refractivity contribution in [3.63, 3.8) is 0 Å². The molecular formula is C12H13F3O. The molecule has 0 N–H and O–H groups in total. The molecule has 1 aromatic rings. The molecular weight excluding hydrogens is 217 g/mol. The van der Waals surface area contributed by atoms with E-state index in [4.69, 9.17) is 0 Å². The van der Waals surface area contributed by atoms with E-state index < -0.39 is 6.36 Å². The van der Waals surface area contributed by atoms with E-state index in [9.17, 15) is 13.2 Å². The van der Waals surface area contributed by atoms with E-state index >= 15 is 0 Å². The van der Waals surface area contributed by atoms with E-state index in [1.807, 2.05) is 0 Å². The van der Waals surface area contributed by atoms with Gasteiger partial charge in [-0.2, -0.15) is 0 Å². The maximum atomic E-state index is 11.9. The molecule has 1 fully saturated rings. The van der Waals surface area contributed by atoms with Crippen LogP contribution >= 0.6 is 0 Å². The van der Waals surface area contributed by atoms with Gasteiger partial charge >= 0.3 is 6.36 Å². The molecule has 0 heterocycles. The minimum Gasteiger partial charge on any atom is -0.406 e. The van der Waals surface area contributed by atoms with Crippen molar-refractivity contribution in [1.29, 1.82) is 0 Å². The zero-order valence-corrected chi connectivity index (χ0v) is 8.97. The summed E-state index contributed by atoms with van der Waals surface area (Å²) in [4.78, 5) is 0. The number of hydrogen-bond donors (Lipinski definition) is 0. The van der Waals surface area contributed by atoms with Crippen LogP contribution in [-0.4, -0.2) is 6.36 Å². The second kappa shape index (κ2) is 3.68. The van der Waals surface area contributed by atoms with Gasteiger partial charge in [-0.15, -0.1) is 13.2 Å². The Morgan fingerprint density at radius 3 is 2.12 bits per heavy atom. The Balaban J connectivity index is 2.11. The summed E-state index contributed by atoms with van der Waals surface area (Å²) >= 11 is 0. The van der Waals surface area contributed by atoms with Crippen molar-refractivity contribution in [2.45, 2.75) is 38.0 Å². The highest BCUT2D eigenvalue weighted by Crippen LogP contribution is 2.51.